The number of rotatable bonds is 3. The molecular weight excluding hydrogens is 126 g/mol. The highest BCUT2D eigenvalue weighted by Crippen LogP contribution is 2.08. The molecule has 0 spiro atoms. The summed E-state index contributed by atoms with van der Waals surface area (Å²) in [5.41, 5.74) is 0. The lowest BCUT2D eigenvalue weighted by molar-refractivity contribution is 0.314. The van der Waals surface area contributed by atoms with Crippen LogP contribution in [0.5, 0.6) is 0 Å². The van der Waals surface area contributed by atoms with Crippen molar-refractivity contribution in [2.75, 3.05) is 19.6 Å². The van der Waals surface area contributed by atoms with Gasteiger partial charge in [-0.15, -0.1) is 0 Å². The molecule has 0 aliphatic carbocycles. The molecule has 10 heavy (non-hydrogen) atoms. The van der Waals surface area contributed by atoms with Crippen molar-refractivity contribution in [1.29, 1.82) is 0 Å². The van der Waals surface area contributed by atoms with Gasteiger partial charge in [-0.05, 0) is 25.9 Å². The Labute approximate surface area is 62.2 Å². The fraction of sp³-hybridized carbons (Fsp3) is 0.875. The van der Waals surface area contributed by atoms with Gasteiger partial charge in [-0.3, -0.25) is 4.79 Å². The van der Waals surface area contributed by atoms with E-state index in [4.69, 9.17) is 0 Å². The van der Waals surface area contributed by atoms with E-state index in [0.29, 0.717) is 0 Å². The summed E-state index contributed by atoms with van der Waals surface area (Å²) in [6.07, 6.45) is 4.59. The van der Waals surface area contributed by atoms with Crippen LogP contribution in [0.3, 0.4) is 0 Å². The third-order valence-electron chi connectivity index (χ3n) is 1.93. The van der Waals surface area contributed by atoms with Crippen LogP contribution in [-0.4, -0.2) is 30.8 Å². The zero-order valence-corrected chi connectivity index (χ0v) is 6.47. The van der Waals surface area contributed by atoms with Crippen molar-refractivity contribution in [2.45, 2.75) is 19.8 Å². The predicted molar refractivity (Wildman–Crippen MR) is 40.5 cm³/mol. The van der Waals surface area contributed by atoms with Crippen molar-refractivity contribution in [1.82, 2.24) is 4.90 Å². The van der Waals surface area contributed by atoms with Gasteiger partial charge in [0.25, 0.3) is 0 Å². The SMILES string of the molecule is CC([C]=O)CN1CCCC1. The first-order valence-corrected chi connectivity index (χ1v) is 3.93. The molecule has 1 fully saturated rings. The molecule has 0 amide bonds. The van der Waals surface area contributed by atoms with Crippen LogP contribution in [0.25, 0.3) is 0 Å². The van der Waals surface area contributed by atoms with E-state index in [1.165, 1.54) is 25.9 Å². The highest BCUT2D eigenvalue weighted by Gasteiger charge is 2.13. The van der Waals surface area contributed by atoms with Gasteiger partial charge in [0.1, 0.15) is 0 Å². The smallest absolute Gasteiger partial charge is 0.202 e. The summed E-state index contributed by atoms with van der Waals surface area (Å²) in [6, 6.07) is 0. The second kappa shape index (κ2) is 3.71. The van der Waals surface area contributed by atoms with Gasteiger partial charge in [-0.2, -0.15) is 0 Å². The lowest BCUT2D eigenvalue weighted by atomic mass is 10.2. The Balaban J connectivity index is 2.17. The van der Waals surface area contributed by atoms with E-state index in [0.717, 1.165) is 6.54 Å². The van der Waals surface area contributed by atoms with Crippen LogP contribution in [0.4, 0.5) is 0 Å². The molecule has 1 aliphatic heterocycles. The zero-order chi connectivity index (χ0) is 7.40. The molecule has 1 saturated heterocycles. The van der Waals surface area contributed by atoms with Gasteiger partial charge in [0.2, 0.25) is 6.29 Å². The van der Waals surface area contributed by atoms with Gasteiger partial charge < -0.3 is 4.90 Å². The number of nitrogens with zero attached hydrogens (tertiary/aromatic N) is 1. The standard InChI is InChI=1S/C8H14NO/c1-8(7-10)6-9-4-2-3-5-9/h8H,2-6H2,1H3. The Kier molecular flexibility index (Phi) is 2.87. The Morgan fingerprint density at radius 1 is 1.50 bits per heavy atom. The molecule has 0 aromatic carbocycles. The predicted octanol–water partition coefficient (Wildman–Crippen LogP) is 0.828. The quantitative estimate of drug-likeness (QED) is 0.578. The largest absolute Gasteiger partial charge is 0.303 e. The molecule has 1 rings (SSSR count). The van der Waals surface area contributed by atoms with Crippen LogP contribution in [-0.2, 0) is 4.79 Å². The Morgan fingerprint density at radius 2 is 2.10 bits per heavy atom. The molecule has 0 N–H and O–H groups in total. The molecule has 57 valence electrons. The minimum absolute atomic E-state index is 0.0955. The number of likely N-dealkylation sites (tertiary alicyclic amines) is 1. The topological polar surface area (TPSA) is 20.3 Å². The number of hydrogen-bond donors (Lipinski definition) is 0. The summed E-state index contributed by atoms with van der Waals surface area (Å²) in [5, 5.41) is 0. The molecule has 0 bridgehead atoms. The second-order valence-electron chi connectivity index (χ2n) is 3.03. The molecule has 1 radical (unpaired) electrons. The van der Waals surface area contributed by atoms with Crippen molar-refractivity contribution >= 4 is 6.29 Å². The Morgan fingerprint density at radius 3 is 2.60 bits per heavy atom. The minimum Gasteiger partial charge on any atom is -0.303 e. The lowest BCUT2D eigenvalue weighted by Gasteiger charge is -2.15. The zero-order valence-electron chi connectivity index (χ0n) is 6.47. The van der Waals surface area contributed by atoms with Crippen LogP contribution in [0, 0.1) is 5.92 Å². The van der Waals surface area contributed by atoms with E-state index in [1.807, 2.05) is 13.2 Å². The van der Waals surface area contributed by atoms with E-state index in [2.05, 4.69) is 4.90 Å². The van der Waals surface area contributed by atoms with Crippen LogP contribution in [0.1, 0.15) is 19.8 Å². The maximum atomic E-state index is 10.1. The Hall–Kier alpha value is -0.370. The molecule has 1 unspecified atom stereocenters. The second-order valence-corrected chi connectivity index (χ2v) is 3.03. The summed E-state index contributed by atoms with van der Waals surface area (Å²) < 4.78 is 0. The van der Waals surface area contributed by atoms with Gasteiger partial charge in [0.15, 0.2) is 0 Å². The van der Waals surface area contributed by atoms with Crippen molar-refractivity contribution in [3.8, 4) is 0 Å². The molecular formula is C8H14NO. The van der Waals surface area contributed by atoms with Gasteiger partial charge in [-0.1, -0.05) is 6.92 Å². The summed E-state index contributed by atoms with van der Waals surface area (Å²) in [5.74, 6) is 0.0955. The lowest BCUT2D eigenvalue weighted by Crippen LogP contribution is -2.25. The fourth-order valence-corrected chi connectivity index (χ4v) is 1.39. The highest BCUT2D eigenvalue weighted by atomic mass is 16.1. The third-order valence-corrected chi connectivity index (χ3v) is 1.93. The van der Waals surface area contributed by atoms with E-state index in [9.17, 15) is 4.79 Å². The van der Waals surface area contributed by atoms with E-state index < -0.39 is 0 Å². The van der Waals surface area contributed by atoms with E-state index in [-0.39, 0.29) is 5.92 Å². The monoisotopic (exact) mass is 140 g/mol. The van der Waals surface area contributed by atoms with Crippen molar-refractivity contribution in [2.24, 2.45) is 5.92 Å². The summed E-state index contributed by atoms with van der Waals surface area (Å²) in [6.45, 7) is 5.17. The molecule has 1 heterocycles. The molecule has 0 aromatic heterocycles. The average molecular weight is 140 g/mol. The van der Waals surface area contributed by atoms with E-state index in [1.54, 1.807) is 0 Å². The highest BCUT2D eigenvalue weighted by molar-refractivity contribution is 5.54. The molecule has 0 saturated carbocycles. The van der Waals surface area contributed by atoms with Gasteiger partial charge in [-0.25, -0.2) is 0 Å². The number of hydrogen-bond acceptors (Lipinski definition) is 2. The van der Waals surface area contributed by atoms with Gasteiger partial charge >= 0.3 is 0 Å². The van der Waals surface area contributed by atoms with Crippen molar-refractivity contribution in [3.63, 3.8) is 0 Å². The van der Waals surface area contributed by atoms with Gasteiger partial charge in [0, 0.05) is 12.5 Å². The van der Waals surface area contributed by atoms with Crippen LogP contribution in [0.2, 0.25) is 0 Å². The maximum Gasteiger partial charge on any atom is 0.202 e. The summed E-state index contributed by atoms with van der Waals surface area (Å²) >= 11 is 0. The van der Waals surface area contributed by atoms with E-state index >= 15 is 0 Å². The molecule has 2 nitrogen and oxygen atoms in total. The van der Waals surface area contributed by atoms with Crippen molar-refractivity contribution in [3.05, 3.63) is 0 Å². The fourth-order valence-electron chi connectivity index (χ4n) is 1.39. The van der Waals surface area contributed by atoms with Crippen LogP contribution in [0.15, 0.2) is 0 Å². The molecule has 0 aromatic rings. The van der Waals surface area contributed by atoms with Crippen LogP contribution < -0.4 is 0 Å². The first kappa shape index (κ1) is 7.73. The summed E-state index contributed by atoms with van der Waals surface area (Å²) in [7, 11) is 0. The third kappa shape index (κ3) is 2.10. The molecule has 1 atom stereocenters. The normalized spacial score (nSPS) is 22.9. The first-order valence-electron chi connectivity index (χ1n) is 3.93. The molecule has 1 aliphatic rings. The van der Waals surface area contributed by atoms with Gasteiger partial charge in [0.05, 0.1) is 0 Å². The minimum atomic E-state index is 0.0955. The first-order chi connectivity index (χ1) is 4.83. The van der Waals surface area contributed by atoms with Crippen LogP contribution >= 0.6 is 0 Å². The molecule has 2 heteroatoms. The summed E-state index contributed by atoms with van der Waals surface area (Å²) in [4.78, 5) is 12.5. The number of carbonyl (C=O) groups excluding carboxylic acids is 1. The Bertz CT molecular complexity index is 108. The van der Waals surface area contributed by atoms with Crippen molar-refractivity contribution < 1.29 is 4.79 Å². The average Bonchev–Trinajstić information content (AvgIpc) is 2.40. The maximum absolute atomic E-state index is 10.1.